The third-order valence-electron chi connectivity index (χ3n) is 2.66. The van der Waals surface area contributed by atoms with Crippen LogP contribution in [0.2, 0.25) is 0 Å². The Morgan fingerprint density at radius 1 is 1.33 bits per heavy atom. The molecular weight excluding hydrogens is 284 g/mol. The molecule has 1 aromatic carbocycles. The fourth-order valence-corrected chi connectivity index (χ4v) is 2.06. The summed E-state index contributed by atoms with van der Waals surface area (Å²) < 4.78 is 5.13. The first-order valence-corrected chi connectivity index (χ1v) is 7.38. The van der Waals surface area contributed by atoms with Crippen molar-refractivity contribution in [3.8, 4) is 23.3 Å². The van der Waals surface area contributed by atoms with Crippen LogP contribution < -0.4 is 10.1 Å². The number of hydrogen-bond donors (Lipinski definition) is 1. The summed E-state index contributed by atoms with van der Waals surface area (Å²) in [4.78, 5) is 8.78. The fraction of sp³-hybridized carbons (Fsp3) is 0.133. The molecular formula is C15H14N4OS. The molecule has 0 aliphatic carbocycles. The Hall–Kier alpha value is -2.52. The maximum absolute atomic E-state index is 8.66. The van der Waals surface area contributed by atoms with E-state index in [2.05, 4.69) is 15.3 Å². The first kappa shape index (κ1) is 14.9. The summed E-state index contributed by atoms with van der Waals surface area (Å²) in [7, 11) is 1.59. The van der Waals surface area contributed by atoms with Crippen LogP contribution in [0.4, 0.5) is 5.69 Å². The van der Waals surface area contributed by atoms with Crippen molar-refractivity contribution in [2.24, 2.45) is 4.99 Å². The number of ether oxygens (including phenoxy) is 1. The molecule has 0 bridgehead atoms. The monoisotopic (exact) mass is 298 g/mol. The SMILES string of the molecule is COc1cccc(-c2cccc(N=C(NC#N)SC)c2)n1. The summed E-state index contributed by atoms with van der Waals surface area (Å²) in [5.74, 6) is 0.567. The minimum atomic E-state index is 0.549. The zero-order valence-corrected chi connectivity index (χ0v) is 12.5. The smallest absolute Gasteiger partial charge is 0.213 e. The van der Waals surface area contributed by atoms with Gasteiger partial charge in [0.2, 0.25) is 5.88 Å². The van der Waals surface area contributed by atoms with E-state index in [1.807, 2.05) is 48.8 Å². The van der Waals surface area contributed by atoms with Gasteiger partial charge < -0.3 is 4.74 Å². The maximum atomic E-state index is 8.66. The van der Waals surface area contributed by atoms with Crippen LogP contribution in [-0.2, 0) is 0 Å². The normalized spacial score (nSPS) is 10.8. The first-order chi connectivity index (χ1) is 10.3. The average Bonchev–Trinajstić information content (AvgIpc) is 2.54. The van der Waals surface area contributed by atoms with Gasteiger partial charge in [-0.15, -0.1) is 0 Å². The minimum Gasteiger partial charge on any atom is -0.481 e. The number of nitriles is 1. The van der Waals surface area contributed by atoms with E-state index < -0.39 is 0 Å². The second-order valence-corrected chi connectivity index (χ2v) is 4.77. The molecule has 6 heteroatoms. The fourth-order valence-electron chi connectivity index (χ4n) is 1.71. The van der Waals surface area contributed by atoms with Gasteiger partial charge >= 0.3 is 0 Å². The second-order valence-electron chi connectivity index (χ2n) is 3.97. The molecule has 2 aromatic rings. The van der Waals surface area contributed by atoms with Gasteiger partial charge in [-0.1, -0.05) is 30.0 Å². The zero-order valence-electron chi connectivity index (χ0n) is 11.7. The van der Waals surface area contributed by atoms with Gasteiger partial charge in [0.1, 0.15) is 0 Å². The van der Waals surface area contributed by atoms with Crippen molar-refractivity contribution in [2.75, 3.05) is 13.4 Å². The van der Waals surface area contributed by atoms with Crippen LogP contribution in [0.15, 0.2) is 47.5 Å². The number of thioether (sulfide) groups is 1. The van der Waals surface area contributed by atoms with E-state index in [4.69, 9.17) is 10.00 Å². The van der Waals surface area contributed by atoms with Crippen LogP contribution in [0.25, 0.3) is 11.3 Å². The molecule has 0 spiro atoms. The molecule has 0 saturated heterocycles. The average molecular weight is 298 g/mol. The molecule has 0 atom stereocenters. The number of rotatable bonds is 3. The number of nitrogens with zero attached hydrogens (tertiary/aromatic N) is 3. The van der Waals surface area contributed by atoms with Crippen molar-refractivity contribution >= 4 is 22.6 Å². The van der Waals surface area contributed by atoms with Crippen LogP contribution in [0.5, 0.6) is 5.88 Å². The summed E-state index contributed by atoms with van der Waals surface area (Å²) in [6.07, 6.45) is 3.73. The third kappa shape index (κ3) is 3.97. The lowest BCUT2D eigenvalue weighted by atomic mass is 10.1. The van der Waals surface area contributed by atoms with Crippen LogP contribution in [0.3, 0.4) is 0 Å². The second kappa shape index (κ2) is 7.31. The lowest BCUT2D eigenvalue weighted by Gasteiger charge is -2.05. The molecule has 0 aliphatic rings. The van der Waals surface area contributed by atoms with E-state index in [1.165, 1.54) is 11.8 Å². The number of aliphatic imine (C=N–C) groups is 1. The van der Waals surface area contributed by atoms with Crippen molar-refractivity contribution < 1.29 is 4.74 Å². The highest BCUT2D eigenvalue weighted by molar-refractivity contribution is 8.13. The van der Waals surface area contributed by atoms with Crippen molar-refractivity contribution in [3.05, 3.63) is 42.5 Å². The van der Waals surface area contributed by atoms with Crippen LogP contribution >= 0.6 is 11.8 Å². The zero-order chi connectivity index (χ0) is 15.1. The summed E-state index contributed by atoms with van der Waals surface area (Å²) in [5, 5.41) is 11.7. The maximum Gasteiger partial charge on any atom is 0.213 e. The molecule has 1 aromatic heterocycles. The summed E-state index contributed by atoms with van der Waals surface area (Å²) in [6, 6.07) is 13.2. The Morgan fingerprint density at radius 2 is 2.14 bits per heavy atom. The Labute approximate surface area is 127 Å². The van der Waals surface area contributed by atoms with Crippen LogP contribution in [0, 0.1) is 11.5 Å². The summed E-state index contributed by atoms with van der Waals surface area (Å²) in [5.41, 5.74) is 2.50. The largest absolute Gasteiger partial charge is 0.481 e. The molecule has 0 aliphatic heterocycles. The Morgan fingerprint density at radius 3 is 2.86 bits per heavy atom. The van der Waals surface area contributed by atoms with Gasteiger partial charge in [0.05, 0.1) is 18.5 Å². The Kier molecular flexibility index (Phi) is 5.18. The van der Waals surface area contributed by atoms with Crippen molar-refractivity contribution in [3.63, 3.8) is 0 Å². The number of aromatic nitrogens is 1. The molecule has 0 radical (unpaired) electrons. The molecule has 0 fully saturated rings. The van der Waals surface area contributed by atoms with Gasteiger partial charge in [0.15, 0.2) is 11.4 Å². The van der Waals surface area contributed by atoms with Crippen LogP contribution in [-0.4, -0.2) is 23.5 Å². The molecule has 0 amide bonds. The van der Waals surface area contributed by atoms with E-state index in [0.717, 1.165) is 16.9 Å². The van der Waals surface area contributed by atoms with Crippen molar-refractivity contribution in [1.82, 2.24) is 10.3 Å². The summed E-state index contributed by atoms with van der Waals surface area (Å²) in [6.45, 7) is 0. The van der Waals surface area contributed by atoms with Gasteiger partial charge in [0.25, 0.3) is 0 Å². The molecule has 5 nitrogen and oxygen atoms in total. The van der Waals surface area contributed by atoms with Crippen LogP contribution in [0.1, 0.15) is 0 Å². The predicted molar refractivity (Wildman–Crippen MR) is 85.6 cm³/mol. The number of hydrogen-bond acceptors (Lipinski definition) is 5. The highest BCUT2D eigenvalue weighted by atomic mass is 32.2. The Balaban J connectivity index is 2.35. The standard InChI is InChI=1S/C15H14N4OS/c1-20-14-8-4-7-13(19-14)11-5-3-6-12(9-11)18-15(21-2)17-10-16/h3-9H,1-2H3,(H,17,18). The molecule has 1 heterocycles. The van der Waals surface area contributed by atoms with Gasteiger partial charge in [-0.3, -0.25) is 5.32 Å². The lowest BCUT2D eigenvalue weighted by Crippen LogP contribution is -2.12. The van der Waals surface area contributed by atoms with Gasteiger partial charge in [0, 0.05) is 11.6 Å². The van der Waals surface area contributed by atoms with E-state index in [9.17, 15) is 0 Å². The van der Waals surface area contributed by atoms with Crippen molar-refractivity contribution in [2.45, 2.75) is 0 Å². The predicted octanol–water partition coefficient (Wildman–Crippen LogP) is 3.18. The number of amidine groups is 1. The van der Waals surface area contributed by atoms with E-state index in [1.54, 1.807) is 13.2 Å². The molecule has 2 rings (SSSR count). The van der Waals surface area contributed by atoms with E-state index in [0.29, 0.717) is 11.0 Å². The molecule has 0 unspecified atom stereocenters. The topological polar surface area (TPSA) is 70.3 Å². The lowest BCUT2D eigenvalue weighted by molar-refractivity contribution is 0.398. The van der Waals surface area contributed by atoms with E-state index in [-0.39, 0.29) is 0 Å². The number of methoxy groups -OCH3 is 1. The van der Waals surface area contributed by atoms with Crippen molar-refractivity contribution in [1.29, 1.82) is 5.26 Å². The van der Waals surface area contributed by atoms with Gasteiger partial charge in [-0.05, 0) is 24.5 Å². The molecule has 21 heavy (non-hydrogen) atoms. The minimum absolute atomic E-state index is 0.549. The highest BCUT2D eigenvalue weighted by Gasteiger charge is 2.03. The molecule has 106 valence electrons. The Bertz CT molecular complexity index is 694. The van der Waals surface area contributed by atoms with Gasteiger partial charge in [-0.25, -0.2) is 9.98 Å². The van der Waals surface area contributed by atoms with E-state index >= 15 is 0 Å². The quantitative estimate of drug-likeness (QED) is 0.408. The summed E-state index contributed by atoms with van der Waals surface area (Å²) >= 11 is 1.38. The molecule has 0 saturated carbocycles. The number of nitrogens with one attached hydrogen (secondary N) is 1. The third-order valence-corrected chi connectivity index (χ3v) is 3.24. The molecule has 1 N–H and O–H groups in total. The number of benzene rings is 1. The number of pyridine rings is 1. The first-order valence-electron chi connectivity index (χ1n) is 6.16. The highest BCUT2D eigenvalue weighted by Crippen LogP contribution is 2.24. The van der Waals surface area contributed by atoms with Gasteiger partial charge in [-0.2, -0.15) is 5.26 Å².